The van der Waals surface area contributed by atoms with E-state index in [-0.39, 0.29) is 12.1 Å². The molecule has 0 bridgehead atoms. The molecule has 7 heteroatoms. The van der Waals surface area contributed by atoms with Crippen molar-refractivity contribution in [2.45, 2.75) is 77.4 Å². The number of hydrogen-bond acceptors (Lipinski definition) is 4. The van der Waals surface area contributed by atoms with E-state index < -0.39 is 5.60 Å². The van der Waals surface area contributed by atoms with E-state index in [1.807, 2.05) is 49.3 Å². The summed E-state index contributed by atoms with van der Waals surface area (Å²) in [5, 5.41) is 3.25. The van der Waals surface area contributed by atoms with Crippen molar-refractivity contribution in [3.8, 4) is 0 Å². The number of carbonyl (C=O) groups excluding carboxylic acids is 1. The van der Waals surface area contributed by atoms with E-state index in [1.165, 1.54) is 10.9 Å². The second-order valence-electron chi connectivity index (χ2n) is 10.1. The molecule has 1 saturated carbocycles. The number of benzene rings is 1. The Kier molecular flexibility index (Phi) is 7.31. The molecule has 3 N–H and O–H groups in total. The number of amides is 1. The predicted molar refractivity (Wildman–Crippen MR) is 141 cm³/mol. The van der Waals surface area contributed by atoms with Gasteiger partial charge in [-0.25, -0.2) is 9.79 Å². The van der Waals surface area contributed by atoms with Crippen molar-refractivity contribution in [2.24, 2.45) is 10.7 Å². The third kappa shape index (κ3) is 5.63. The number of nitrogens with two attached hydrogens (primary N) is 1. The highest BCUT2D eigenvalue weighted by Gasteiger charge is 2.32. The standard InChI is InChI=1S/C27H36N4O2S/c1-5-14-31(26(32)33-27(2,3)4)20-11-8-18(9-12-20)22-17-29-23-16-19(10-13-21(22)23)30-25(28)24-7-6-15-34-24/h6-7,10,13,15-18,20,29H,5,8-9,11-12,14H2,1-4H3,(H2,28,30). The minimum Gasteiger partial charge on any atom is -0.444 e. The van der Waals surface area contributed by atoms with Crippen LogP contribution in [-0.4, -0.2) is 40.0 Å². The van der Waals surface area contributed by atoms with Gasteiger partial charge in [0.25, 0.3) is 0 Å². The van der Waals surface area contributed by atoms with Crippen molar-refractivity contribution in [1.82, 2.24) is 9.88 Å². The number of thiophene rings is 1. The Morgan fingerprint density at radius 1 is 1.24 bits per heavy atom. The van der Waals surface area contributed by atoms with Crippen LogP contribution in [0.5, 0.6) is 0 Å². The second-order valence-corrected chi connectivity index (χ2v) is 11.1. The molecule has 1 aliphatic carbocycles. The molecular weight excluding hydrogens is 444 g/mol. The van der Waals surface area contributed by atoms with Crippen molar-refractivity contribution < 1.29 is 9.53 Å². The number of carbonyl (C=O) groups is 1. The average Bonchev–Trinajstić information content (AvgIpc) is 3.46. The fourth-order valence-corrected chi connectivity index (χ4v) is 5.47. The highest BCUT2D eigenvalue weighted by molar-refractivity contribution is 7.12. The topological polar surface area (TPSA) is 83.7 Å². The van der Waals surface area contributed by atoms with Crippen LogP contribution in [0.2, 0.25) is 0 Å². The highest BCUT2D eigenvalue weighted by atomic mass is 32.1. The summed E-state index contributed by atoms with van der Waals surface area (Å²) >= 11 is 1.59. The van der Waals surface area contributed by atoms with Crippen LogP contribution in [0.15, 0.2) is 46.9 Å². The molecule has 1 aromatic carbocycles. The van der Waals surface area contributed by atoms with Crippen molar-refractivity contribution in [1.29, 1.82) is 0 Å². The fraction of sp³-hybridized carbons (Fsp3) is 0.481. The van der Waals surface area contributed by atoms with Crippen molar-refractivity contribution in [2.75, 3.05) is 6.54 Å². The van der Waals surface area contributed by atoms with E-state index in [4.69, 9.17) is 10.5 Å². The van der Waals surface area contributed by atoms with Crippen LogP contribution in [-0.2, 0) is 4.74 Å². The number of aromatic amines is 1. The van der Waals surface area contributed by atoms with E-state index in [0.29, 0.717) is 11.8 Å². The van der Waals surface area contributed by atoms with Gasteiger partial charge >= 0.3 is 6.09 Å². The Morgan fingerprint density at radius 3 is 2.65 bits per heavy atom. The summed E-state index contributed by atoms with van der Waals surface area (Å²) in [7, 11) is 0. The summed E-state index contributed by atoms with van der Waals surface area (Å²) in [5.41, 5.74) is 8.98. The van der Waals surface area contributed by atoms with Crippen LogP contribution in [0.3, 0.4) is 0 Å². The van der Waals surface area contributed by atoms with E-state index in [9.17, 15) is 4.79 Å². The first-order valence-electron chi connectivity index (χ1n) is 12.2. The molecule has 0 atom stereocenters. The zero-order valence-corrected chi connectivity index (χ0v) is 21.5. The number of ether oxygens (including phenoxy) is 1. The molecule has 1 aliphatic rings. The number of nitrogens with zero attached hydrogens (tertiary/aromatic N) is 2. The van der Waals surface area contributed by atoms with E-state index >= 15 is 0 Å². The zero-order chi connectivity index (χ0) is 24.3. The lowest BCUT2D eigenvalue weighted by atomic mass is 9.81. The van der Waals surface area contributed by atoms with Crippen molar-refractivity contribution in [3.05, 3.63) is 52.3 Å². The van der Waals surface area contributed by atoms with Gasteiger partial charge in [-0.1, -0.05) is 19.1 Å². The number of aliphatic imine (C=N–C) groups is 1. The molecule has 34 heavy (non-hydrogen) atoms. The van der Waals surface area contributed by atoms with Crippen LogP contribution in [0.25, 0.3) is 10.9 Å². The van der Waals surface area contributed by atoms with Gasteiger partial charge < -0.3 is 20.4 Å². The molecule has 0 radical (unpaired) electrons. The molecule has 6 nitrogen and oxygen atoms in total. The molecule has 2 aromatic heterocycles. The molecule has 0 aliphatic heterocycles. The Hall–Kier alpha value is -2.80. The van der Waals surface area contributed by atoms with Gasteiger partial charge in [0, 0.05) is 29.7 Å². The van der Waals surface area contributed by atoms with Crippen LogP contribution in [0.4, 0.5) is 10.5 Å². The minimum atomic E-state index is -0.471. The normalized spacial score (nSPS) is 19.4. The quantitative estimate of drug-likeness (QED) is 0.296. The number of aromatic nitrogens is 1. The summed E-state index contributed by atoms with van der Waals surface area (Å²) in [4.78, 5) is 23.8. The predicted octanol–water partition coefficient (Wildman–Crippen LogP) is 6.94. The first-order chi connectivity index (χ1) is 16.2. The van der Waals surface area contributed by atoms with Crippen molar-refractivity contribution >= 4 is 39.9 Å². The fourth-order valence-electron chi connectivity index (χ4n) is 4.85. The third-order valence-corrected chi connectivity index (χ3v) is 7.28. The minimum absolute atomic E-state index is 0.181. The summed E-state index contributed by atoms with van der Waals surface area (Å²) in [5.74, 6) is 1.03. The molecule has 0 spiro atoms. The van der Waals surface area contributed by atoms with Gasteiger partial charge in [-0.2, -0.15) is 0 Å². The van der Waals surface area contributed by atoms with Crippen LogP contribution < -0.4 is 5.73 Å². The van der Waals surface area contributed by atoms with Crippen molar-refractivity contribution in [3.63, 3.8) is 0 Å². The van der Waals surface area contributed by atoms with Gasteiger partial charge in [-0.05, 0) is 87.9 Å². The molecule has 182 valence electrons. The SMILES string of the molecule is CCCN(C(=O)OC(C)(C)C)C1CCC(c2c[nH]c3cc(N=C(N)c4cccs4)ccc23)CC1. The molecule has 1 amide bonds. The van der Waals surface area contributed by atoms with Crippen LogP contribution >= 0.6 is 11.3 Å². The van der Waals surface area contributed by atoms with Gasteiger partial charge in [-0.3, -0.25) is 0 Å². The summed E-state index contributed by atoms with van der Waals surface area (Å²) in [6.45, 7) is 8.64. The number of H-pyrrole nitrogens is 1. The third-order valence-electron chi connectivity index (χ3n) is 6.39. The molecule has 3 aromatic rings. The number of amidine groups is 1. The van der Waals surface area contributed by atoms with Crippen LogP contribution in [0.1, 0.15) is 76.2 Å². The maximum absolute atomic E-state index is 12.8. The second kappa shape index (κ2) is 10.2. The molecule has 0 saturated heterocycles. The first-order valence-corrected chi connectivity index (χ1v) is 13.1. The number of nitrogens with one attached hydrogen (secondary N) is 1. The lowest BCUT2D eigenvalue weighted by molar-refractivity contribution is 0.0115. The van der Waals surface area contributed by atoms with Gasteiger partial charge in [0.05, 0.1) is 10.6 Å². The molecule has 1 fully saturated rings. The lowest BCUT2D eigenvalue weighted by Gasteiger charge is -2.37. The van der Waals surface area contributed by atoms with Gasteiger partial charge in [-0.15, -0.1) is 11.3 Å². The molecule has 4 rings (SSSR count). The Bertz CT molecular complexity index is 1140. The monoisotopic (exact) mass is 480 g/mol. The van der Waals surface area contributed by atoms with Gasteiger partial charge in [0.15, 0.2) is 0 Å². The van der Waals surface area contributed by atoms with E-state index in [0.717, 1.165) is 54.7 Å². The smallest absolute Gasteiger partial charge is 0.410 e. The maximum atomic E-state index is 12.8. The average molecular weight is 481 g/mol. The van der Waals surface area contributed by atoms with Crippen LogP contribution in [0, 0.1) is 0 Å². The van der Waals surface area contributed by atoms with Gasteiger partial charge in [0.1, 0.15) is 11.4 Å². The van der Waals surface area contributed by atoms with Gasteiger partial charge in [0.2, 0.25) is 0 Å². The largest absolute Gasteiger partial charge is 0.444 e. The summed E-state index contributed by atoms with van der Waals surface area (Å²) < 4.78 is 5.69. The Labute approximate surface area is 206 Å². The maximum Gasteiger partial charge on any atom is 0.410 e. The Morgan fingerprint density at radius 2 is 2.00 bits per heavy atom. The molecular formula is C27H36N4O2S. The number of rotatable bonds is 6. The number of hydrogen-bond donors (Lipinski definition) is 2. The molecule has 2 heterocycles. The molecule has 0 unspecified atom stereocenters. The summed E-state index contributed by atoms with van der Waals surface area (Å²) in [6, 6.07) is 10.5. The number of fused-ring (bicyclic) bond motifs is 1. The highest BCUT2D eigenvalue weighted by Crippen LogP contribution is 2.39. The summed E-state index contributed by atoms with van der Waals surface area (Å²) in [6.07, 6.45) is 7.01. The van der Waals surface area contributed by atoms with E-state index in [2.05, 4.69) is 35.2 Å². The zero-order valence-electron chi connectivity index (χ0n) is 20.6. The lowest BCUT2D eigenvalue weighted by Crippen LogP contribution is -2.45. The Balaban J connectivity index is 1.44. The van der Waals surface area contributed by atoms with E-state index in [1.54, 1.807) is 11.3 Å². The first kappa shape index (κ1) is 24.3.